The average Bonchev–Trinajstić information content (AvgIpc) is 2.53. The van der Waals surface area contributed by atoms with Gasteiger partial charge in [0.2, 0.25) is 5.91 Å². The van der Waals surface area contributed by atoms with Crippen LogP contribution in [0, 0.1) is 5.92 Å². The Hall–Kier alpha value is -2.41. The first-order valence-corrected chi connectivity index (χ1v) is 8.51. The summed E-state index contributed by atoms with van der Waals surface area (Å²) in [6, 6.07) is 7.29. The molecule has 0 aromatic heterocycles. The Morgan fingerprint density at radius 1 is 1.28 bits per heavy atom. The molecular weight excluding hydrogens is 340 g/mol. The first-order valence-electron chi connectivity index (χ1n) is 8.10. The van der Waals surface area contributed by atoms with Crippen LogP contribution in [0.3, 0.4) is 0 Å². The van der Waals surface area contributed by atoms with Gasteiger partial charge in [0.1, 0.15) is 5.75 Å². The summed E-state index contributed by atoms with van der Waals surface area (Å²) in [7, 11) is 0. The summed E-state index contributed by atoms with van der Waals surface area (Å²) >= 11 is 5.07. The number of carbonyl (C=O) groups is 2. The smallest absolute Gasteiger partial charge is 0.330 e. The third-order valence-electron chi connectivity index (χ3n) is 2.95. The number of esters is 1. The molecule has 1 amide bonds. The van der Waals surface area contributed by atoms with Crippen LogP contribution in [0.25, 0.3) is 0 Å². The Bertz CT molecular complexity index is 629. The Labute approximate surface area is 153 Å². The number of benzene rings is 1. The van der Waals surface area contributed by atoms with Crippen molar-refractivity contribution in [1.82, 2.24) is 5.32 Å². The van der Waals surface area contributed by atoms with Crippen LogP contribution in [-0.4, -0.2) is 30.2 Å². The van der Waals surface area contributed by atoms with Crippen LogP contribution in [0.5, 0.6) is 5.75 Å². The first kappa shape index (κ1) is 20.6. The van der Waals surface area contributed by atoms with Crippen molar-refractivity contribution in [3.05, 3.63) is 36.4 Å². The number of thiocarbonyl (C=S) groups is 1. The highest BCUT2D eigenvalue weighted by Gasteiger charge is 2.04. The minimum Gasteiger partial charge on any atom is -0.494 e. The van der Waals surface area contributed by atoms with E-state index in [0.29, 0.717) is 18.2 Å². The highest BCUT2D eigenvalue weighted by molar-refractivity contribution is 7.80. The molecule has 0 spiro atoms. The normalized spacial score (nSPS) is 10.6. The first-order chi connectivity index (χ1) is 11.9. The Balaban J connectivity index is 2.48. The van der Waals surface area contributed by atoms with Gasteiger partial charge in [0.05, 0.1) is 13.2 Å². The number of hydrogen-bond donors (Lipinski definition) is 2. The van der Waals surface area contributed by atoms with Crippen molar-refractivity contribution in [2.75, 3.05) is 18.5 Å². The van der Waals surface area contributed by atoms with E-state index in [2.05, 4.69) is 29.2 Å². The van der Waals surface area contributed by atoms with Crippen LogP contribution in [0.4, 0.5) is 5.69 Å². The van der Waals surface area contributed by atoms with Crippen LogP contribution in [0.2, 0.25) is 0 Å². The standard InChI is InChI=1S/C18H24N2O4S/c1-4-23-17(22)9-8-16(21)20-18(25)19-14-6-5-7-15(12-14)24-11-10-13(2)3/h5-9,12-13H,4,10-11H2,1-3H3,(H2,19,20,21,25)/b9-8+. The van der Waals surface area contributed by atoms with Gasteiger partial charge in [-0.2, -0.15) is 0 Å². The molecular formula is C18H24N2O4S. The zero-order valence-electron chi connectivity index (χ0n) is 14.7. The molecule has 0 aliphatic rings. The van der Waals surface area contributed by atoms with Crippen LogP contribution in [0.1, 0.15) is 27.2 Å². The van der Waals surface area contributed by atoms with Crippen LogP contribution < -0.4 is 15.4 Å². The minimum absolute atomic E-state index is 0.123. The van der Waals surface area contributed by atoms with Crippen molar-refractivity contribution in [2.24, 2.45) is 5.92 Å². The van der Waals surface area contributed by atoms with Gasteiger partial charge < -0.3 is 14.8 Å². The topological polar surface area (TPSA) is 76.7 Å². The van der Waals surface area contributed by atoms with Gasteiger partial charge in [-0.1, -0.05) is 19.9 Å². The third kappa shape index (κ3) is 9.46. The molecule has 6 nitrogen and oxygen atoms in total. The molecule has 0 atom stereocenters. The lowest BCUT2D eigenvalue weighted by atomic mass is 10.1. The molecule has 0 radical (unpaired) electrons. The Morgan fingerprint density at radius 3 is 2.72 bits per heavy atom. The van der Waals surface area contributed by atoms with Gasteiger partial charge in [-0.3, -0.25) is 10.1 Å². The lowest BCUT2D eigenvalue weighted by Gasteiger charge is -2.11. The van der Waals surface area contributed by atoms with Gasteiger partial charge in [0.15, 0.2) is 5.11 Å². The van der Waals surface area contributed by atoms with Crippen molar-refractivity contribution >= 4 is 34.9 Å². The second-order valence-electron chi connectivity index (χ2n) is 5.59. The molecule has 0 aliphatic carbocycles. The SMILES string of the molecule is CCOC(=O)/C=C/C(=O)NC(=S)Nc1cccc(OCCC(C)C)c1. The molecule has 0 saturated heterocycles. The van der Waals surface area contributed by atoms with E-state index >= 15 is 0 Å². The summed E-state index contributed by atoms with van der Waals surface area (Å²) in [5.74, 6) is 0.200. The zero-order valence-corrected chi connectivity index (χ0v) is 15.5. The highest BCUT2D eigenvalue weighted by Crippen LogP contribution is 2.18. The number of hydrogen-bond acceptors (Lipinski definition) is 5. The van der Waals surface area contributed by atoms with Crippen molar-refractivity contribution in [2.45, 2.75) is 27.2 Å². The van der Waals surface area contributed by atoms with Gasteiger partial charge in [-0.15, -0.1) is 0 Å². The van der Waals surface area contributed by atoms with E-state index in [9.17, 15) is 9.59 Å². The second kappa shape index (κ2) is 11.2. The number of nitrogens with one attached hydrogen (secondary N) is 2. The maximum atomic E-state index is 11.7. The Morgan fingerprint density at radius 2 is 2.04 bits per heavy atom. The number of carbonyl (C=O) groups excluding carboxylic acids is 2. The quantitative estimate of drug-likeness (QED) is 0.419. The minimum atomic E-state index is -0.581. The summed E-state index contributed by atoms with van der Waals surface area (Å²) < 4.78 is 10.4. The van der Waals surface area contributed by atoms with Crippen LogP contribution >= 0.6 is 12.2 Å². The largest absolute Gasteiger partial charge is 0.494 e. The molecule has 0 saturated carbocycles. The van der Waals surface area contributed by atoms with Crippen molar-refractivity contribution in [3.63, 3.8) is 0 Å². The summed E-state index contributed by atoms with van der Waals surface area (Å²) in [6.45, 7) is 6.85. The lowest BCUT2D eigenvalue weighted by Crippen LogP contribution is -2.33. The zero-order chi connectivity index (χ0) is 18.7. The molecule has 1 aromatic carbocycles. The van der Waals surface area contributed by atoms with E-state index in [4.69, 9.17) is 17.0 Å². The predicted molar refractivity (Wildman–Crippen MR) is 102 cm³/mol. The van der Waals surface area contributed by atoms with Gasteiger partial charge >= 0.3 is 5.97 Å². The summed E-state index contributed by atoms with van der Waals surface area (Å²) in [5.41, 5.74) is 0.696. The van der Waals surface area contributed by atoms with Crippen molar-refractivity contribution < 1.29 is 19.1 Å². The van der Waals surface area contributed by atoms with Gasteiger partial charge in [-0.25, -0.2) is 4.79 Å². The van der Waals surface area contributed by atoms with Crippen molar-refractivity contribution in [3.8, 4) is 5.75 Å². The number of ether oxygens (including phenoxy) is 2. The van der Waals surface area contributed by atoms with E-state index in [1.54, 1.807) is 13.0 Å². The van der Waals surface area contributed by atoms with Crippen LogP contribution in [-0.2, 0) is 14.3 Å². The molecule has 1 aromatic rings. The molecule has 0 fully saturated rings. The second-order valence-corrected chi connectivity index (χ2v) is 6.00. The fourth-order valence-electron chi connectivity index (χ4n) is 1.73. The highest BCUT2D eigenvalue weighted by atomic mass is 32.1. The molecule has 0 aliphatic heterocycles. The number of rotatable bonds is 8. The maximum absolute atomic E-state index is 11.7. The van der Waals surface area contributed by atoms with E-state index in [1.807, 2.05) is 18.2 Å². The molecule has 1 rings (SSSR count). The fourth-order valence-corrected chi connectivity index (χ4v) is 1.94. The molecule has 0 heterocycles. The monoisotopic (exact) mass is 364 g/mol. The lowest BCUT2D eigenvalue weighted by molar-refractivity contribution is -0.137. The molecule has 2 N–H and O–H groups in total. The predicted octanol–water partition coefficient (Wildman–Crippen LogP) is 3.04. The van der Waals surface area contributed by atoms with Crippen LogP contribution in [0.15, 0.2) is 36.4 Å². The van der Waals surface area contributed by atoms with Gasteiger partial charge in [0, 0.05) is 23.9 Å². The van der Waals surface area contributed by atoms with Crippen molar-refractivity contribution in [1.29, 1.82) is 0 Å². The summed E-state index contributed by atoms with van der Waals surface area (Å²) in [6.07, 6.45) is 3.08. The van der Waals surface area contributed by atoms with Gasteiger partial charge in [-0.05, 0) is 43.6 Å². The van der Waals surface area contributed by atoms with E-state index in [0.717, 1.165) is 24.3 Å². The summed E-state index contributed by atoms with van der Waals surface area (Å²) in [4.78, 5) is 22.8. The molecule has 136 valence electrons. The number of anilines is 1. The fraction of sp³-hybridized carbons (Fsp3) is 0.389. The summed E-state index contributed by atoms with van der Waals surface area (Å²) in [5, 5.41) is 5.47. The molecule has 25 heavy (non-hydrogen) atoms. The maximum Gasteiger partial charge on any atom is 0.330 e. The molecule has 0 bridgehead atoms. The molecule has 7 heteroatoms. The van der Waals surface area contributed by atoms with E-state index in [-0.39, 0.29) is 11.7 Å². The van der Waals surface area contributed by atoms with E-state index < -0.39 is 11.9 Å². The Kier molecular flexibility index (Phi) is 9.24. The van der Waals surface area contributed by atoms with Gasteiger partial charge in [0.25, 0.3) is 0 Å². The van der Waals surface area contributed by atoms with E-state index in [1.165, 1.54) is 0 Å². The number of amides is 1. The average molecular weight is 364 g/mol. The molecule has 0 unspecified atom stereocenters. The third-order valence-corrected chi connectivity index (χ3v) is 3.15.